The number of aliphatic hydroxyl groups excluding tert-OH is 1. The molecule has 1 saturated heterocycles. The van der Waals surface area contributed by atoms with Crippen LogP contribution >= 0.6 is 0 Å². The molecule has 0 radical (unpaired) electrons. The number of nitrogens with zero attached hydrogens (tertiary/aromatic N) is 2. The van der Waals surface area contributed by atoms with Gasteiger partial charge in [0.25, 0.3) is 5.91 Å². The molecule has 4 atom stereocenters. The van der Waals surface area contributed by atoms with E-state index in [0.29, 0.717) is 35.8 Å². The summed E-state index contributed by atoms with van der Waals surface area (Å²) in [7, 11) is 0. The smallest absolute Gasteiger partial charge is 0.255 e. The van der Waals surface area contributed by atoms with Crippen LogP contribution in [-0.2, 0) is 16.6 Å². The SMILES string of the molecule is N#Cc1ccc(NC(=O)C2=C(O)[C@@H]3Oc4c(O)ccc5c4[C@@]34CCN(CC3CC3)[C@H](C5)[C@]4(O)C2)cc1. The van der Waals surface area contributed by atoms with Crippen molar-refractivity contribution in [2.24, 2.45) is 5.92 Å². The number of phenolic OH excluding ortho intramolecular Hbond substituents is 1. The van der Waals surface area contributed by atoms with Crippen LogP contribution in [-0.4, -0.2) is 57.0 Å². The minimum Gasteiger partial charge on any atom is -0.508 e. The lowest BCUT2D eigenvalue weighted by Gasteiger charge is -2.62. The Labute approximate surface area is 208 Å². The molecule has 2 aromatic rings. The number of likely N-dealkylation sites (tertiary alicyclic amines) is 1. The van der Waals surface area contributed by atoms with Crippen molar-refractivity contribution in [1.82, 2.24) is 4.90 Å². The molecule has 8 heteroatoms. The average Bonchev–Trinajstić information content (AvgIpc) is 3.61. The Bertz CT molecular complexity index is 1370. The molecule has 0 aromatic heterocycles. The van der Waals surface area contributed by atoms with Gasteiger partial charge in [-0.25, -0.2) is 0 Å². The molecule has 4 N–H and O–H groups in total. The zero-order valence-electron chi connectivity index (χ0n) is 19.7. The number of benzene rings is 2. The van der Waals surface area contributed by atoms with E-state index in [9.17, 15) is 20.1 Å². The number of hydrogen-bond acceptors (Lipinski definition) is 7. The summed E-state index contributed by atoms with van der Waals surface area (Å²) in [5.74, 6) is 0.229. The van der Waals surface area contributed by atoms with Gasteiger partial charge in [0.15, 0.2) is 17.6 Å². The molecule has 1 saturated carbocycles. The highest BCUT2D eigenvalue weighted by Gasteiger charge is 2.73. The lowest BCUT2D eigenvalue weighted by atomic mass is 9.49. The van der Waals surface area contributed by atoms with E-state index < -0.39 is 23.0 Å². The van der Waals surface area contributed by atoms with Gasteiger partial charge in [-0.3, -0.25) is 9.69 Å². The van der Waals surface area contributed by atoms with E-state index in [1.165, 1.54) is 12.8 Å². The normalized spacial score (nSPS) is 31.9. The number of ether oxygens (including phenoxy) is 1. The maximum Gasteiger partial charge on any atom is 0.255 e. The third-order valence-electron chi connectivity index (χ3n) is 9.06. The van der Waals surface area contributed by atoms with E-state index >= 15 is 0 Å². The molecule has 36 heavy (non-hydrogen) atoms. The Morgan fingerprint density at radius 3 is 2.69 bits per heavy atom. The fourth-order valence-electron chi connectivity index (χ4n) is 7.20. The van der Waals surface area contributed by atoms with E-state index in [0.717, 1.165) is 24.2 Å². The standard InChI is InChI=1S/C28H27N3O5/c29-13-15-3-6-18(7-4-15)30-26(34)19-12-28(35)21-11-17-5-8-20(32)24-22(17)27(28,25(36-24)23(19)33)9-10-31(21)14-16-1-2-16/h3-8,16,21,25,32-33,35H,1-2,9-12,14H2,(H,30,34)/t21-,25+,27+,28-/m1/s1. The monoisotopic (exact) mass is 485 g/mol. The molecule has 3 aliphatic carbocycles. The first-order chi connectivity index (χ1) is 17.4. The minimum absolute atomic E-state index is 0.0127. The molecule has 5 aliphatic rings. The second-order valence-electron chi connectivity index (χ2n) is 10.9. The van der Waals surface area contributed by atoms with Crippen LogP contribution in [0.2, 0.25) is 0 Å². The van der Waals surface area contributed by atoms with Crippen LogP contribution in [0.4, 0.5) is 5.69 Å². The van der Waals surface area contributed by atoms with E-state index in [-0.39, 0.29) is 29.5 Å². The zero-order valence-corrected chi connectivity index (χ0v) is 19.7. The number of nitriles is 1. The Hall–Kier alpha value is -3.54. The van der Waals surface area contributed by atoms with Crippen molar-refractivity contribution in [2.75, 3.05) is 18.4 Å². The summed E-state index contributed by atoms with van der Waals surface area (Å²) in [6, 6.07) is 11.8. The van der Waals surface area contributed by atoms with Crippen molar-refractivity contribution in [3.63, 3.8) is 0 Å². The van der Waals surface area contributed by atoms with Crippen LogP contribution < -0.4 is 10.1 Å². The van der Waals surface area contributed by atoms with Crippen LogP contribution in [0.15, 0.2) is 47.7 Å². The summed E-state index contributed by atoms with van der Waals surface area (Å²) in [6.07, 6.45) is 2.59. The van der Waals surface area contributed by atoms with Crippen LogP contribution in [0.1, 0.15) is 42.4 Å². The number of carbonyl (C=O) groups is 1. The van der Waals surface area contributed by atoms with Crippen LogP contribution in [0.25, 0.3) is 0 Å². The first kappa shape index (κ1) is 21.7. The number of rotatable bonds is 4. The number of piperidine rings is 1. The number of aromatic hydroxyl groups is 1. The molecule has 7 rings (SSSR count). The Balaban J connectivity index is 1.33. The predicted octanol–water partition coefficient (Wildman–Crippen LogP) is 2.89. The van der Waals surface area contributed by atoms with Crippen molar-refractivity contribution in [3.05, 3.63) is 64.4 Å². The van der Waals surface area contributed by atoms with Gasteiger partial charge in [-0.2, -0.15) is 5.26 Å². The third kappa shape index (κ3) is 2.73. The van der Waals surface area contributed by atoms with Crippen molar-refractivity contribution in [3.8, 4) is 17.6 Å². The zero-order chi connectivity index (χ0) is 24.8. The predicted molar refractivity (Wildman–Crippen MR) is 130 cm³/mol. The number of anilines is 1. The molecule has 2 bridgehead atoms. The highest BCUT2D eigenvalue weighted by Crippen LogP contribution is 2.66. The van der Waals surface area contributed by atoms with Gasteiger partial charge in [-0.1, -0.05) is 6.07 Å². The summed E-state index contributed by atoms with van der Waals surface area (Å²) in [6.45, 7) is 1.68. The number of aliphatic hydroxyl groups is 2. The Morgan fingerprint density at radius 2 is 1.97 bits per heavy atom. The summed E-state index contributed by atoms with van der Waals surface area (Å²) in [4.78, 5) is 15.8. The van der Waals surface area contributed by atoms with Crippen LogP contribution in [0.3, 0.4) is 0 Å². The van der Waals surface area contributed by atoms with E-state index in [1.807, 2.05) is 12.1 Å². The van der Waals surface area contributed by atoms with Gasteiger partial charge in [-0.15, -0.1) is 0 Å². The molecular formula is C28H27N3O5. The number of carbonyl (C=O) groups excluding carboxylic acids is 1. The maximum absolute atomic E-state index is 13.4. The molecule has 1 amide bonds. The molecule has 0 unspecified atom stereocenters. The lowest BCUT2D eigenvalue weighted by Crippen LogP contribution is -2.75. The number of phenols is 1. The van der Waals surface area contributed by atoms with Crippen molar-refractivity contribution >= 4 is 11.6 Å². The molecule has 2 aliphatic heterocycles. The van der Waals surface area contributed by atoms with Crippen molar-refractivity contribution in [1.29, 1.82) is 5.26 Å². The second kappa shape index (κ2) is 7.25. The Morgan fingerprint density at radius 1 is 1.19 bits per heavy atom. The van der Waals surface area contributed by atoms with E-state index in [2.05, 4.69) is 10.2 Å². The maximum atomic E-state index is 13.4. The molecule has 184 valence electrons. The van der Waals surface area contributed by atoms with Crippen LogP contribution in [0.5, 0.6) is 11.5 Å². The van der Waals surface area contributed by atoms with Crippen molar-refractivity contribution < 1.29 is 24.9 Å². The fourth-order valence-corrected chi connectivity index (χ4v) is 7.20. The second-order valence-corrected chi connectivity index (χ2v) is 10.9. The number of hydrogen-bond donors (Lipinski definition) is 4. The fraction of sp³-hybridized carbons (Fsp3) is 0.429. The van der Waals surface area contributed by atoms with Crippen molar-refractivity contribution in [2.45, 2.75) is 55.3 Å². The molecular weight excluding hydrogens is 458 g/mol. The summed E-state index contributed by atoms with van der Waals surface area (Å²) >= 11 is 0. The summed E-state index contributed by atoms with van der Waals surface area (Å²) in [5.41, 5.74) is 0.594. The van der Waals surface area contributed by atoms with E-state index in [1.54, 1.807) is 30.3 Å². The van der Waals surface area contributed by atoms with Gasteiger partial charge in [0.1, 0.15) is 5.76 Å². The van der Waals surface area contributed by atoms with Gasteiger partial charge in [0.05, 0.1) is 28.2 Å². The van der Waals surface area contributed by atoms with E-state index in [4.69, 9.17) is 10.00 Å². The number of nitrogens with one attached hydrogen (secondary N) is 1. The van der Waals surface area contributed by atoms with Crippen LogP contribution in [0, 0.1) is 17.2 Å². The first-order valence-electron chi connectivity index (χ1n) is 12.6. The largest absolute Gasteiger partial charge is 0.508 e. The molecule has 1 spiro atoms. The molecule has 2 aromatic carbocycles. The Kier molecular flexibility index (Phi) is 4.37. The molecule has 2 heterocycles. The van der Waals surface area contributed by atoms with Gasteiger partial charge >= 0.3 is 0 Å². The van der Waals surface area contributed by atoms with Gasteiger partial charge in [0.2, 0.25) is 0 Å². The van der Waals surface area contributed by atoms with Gasteiger partial charge < -0.3 is 25.4 Å². The molecule has 2 fully saturated rings. The third-order valence-corrected chi connectivity index (χ3v) is 9.06. The quantitative estimate of drug-likeness (QED) is 0.525. The summed E-state index contributed by atoms with van der Waals surface area (Å²) in [5, 5.41) is 46.6. The lowest BCUT2D eigenvalue weighted by molar-refractivity contribution is -0.172. The average molecular weight is 486 g/mol. The minimum atomic E-state index is -1.35. The van der Waals surface area contributed by atoms with Gasteiger partial charge in [-0.05, 0) is 74.0 Å². The summed E-state index contributed by atoms with van der Waals surface area (Å²) < 4.78 is 6.22. The topological polar surface area (TPSA) is 126 Å². The highest BCUT2D eigenvalue weighted by atomic mass is 16.5. The number of amides is 1. The highest BCUT2D eigenvalue weighted by molar-refractivity contribution is 6.04. The molecule has 8 nitrogen and oxygen atoms in total. The van der Waals surface area contributed by atoms with Gasteiger partial charge in [0, 0.05) is 30.3 Å². The first-order valence-corrected chi connectivity index (χ1v) is 12.6.